The van der Waals surface area contributed by atoms with Gasteiger partial charge in [-0.15, -0.1) is 0 Å². The van der Waals surface area contributed by atoms with Crippen LogP contribution in [0.2, 0.25) is 0 Å². The van der Waals surface area contributed by atoms with E-state index in [1.54, 1.807) is 0 Å². The second kappa shape index (κ2) is 6.69. The van der Waals surface area contributed by atoms with Gasteiger partial charge >= 0.3 is 0 Å². The van der Waals surface area contributed by atoms with Crippen LogP contribution in [0, 0.1) is 0 Å². The molecular weight excluding hydrogens is 198 g/mol. The molecule has 0 fully saturated rings. The van der Waals surface area contributed by atoms with Gasteiger partial charge in [-0.1, -0.05) is 27.7 Å². The molecule has 92 valence electrons. The predicted octanol–water partition coefficient (Wildman–Crippen LogP) is 2.53. The van der Waals surface area contributed by atoms with E-state index in [2.05, 4.69) is 37.7 Å². The van der Waals surface area contributed by atoms with Crippen LogP contribution < -0.4 is 5.32 Å². The van der Waals surface area contributed by atoms with Crippen molar-refractivity contribution in [2.75, 3.05) is 6.54 Å². The van der Waals surface area contributed by atoms with E-state index >= 15 is 0 Å². The molecule has 1 N–H and O–H groups in total. The van der Waals surface area contributed by atoms with Crippen LogP contribution in [-0.2, 0) is 25.9 Å². The maximum Gasteiger partial charge on any atom is 0.0669 e. The van der Waals surface area contributed by atoms with E-state index in [-0.39, 0.29) is 0 Å². The zero-order valence-corrected chi connectivity index (χ0v) is 11.1. The number of nitrogens with zero attached hydrogens (tertiary/aromatic N) is 2. The van der Waals surface area contributed by atoms with Crippen molar-refractivity contribution in [3.8, 4) is 0 Å². The Morgan fingerprint density at radius 2 is 1.88 bits per heavy atom. The normalized spacial score (nSPS) is 11.0. The third kappa shape index (κ3) is 2.85. The van der Waals surface area contributed by atoms with Crippen molar-refractivity contribution in [3.63, 3.8) is 0 Å². The van der Waals surface area contributed by atoms with Crippen molar-refractivity contribution in [2.45, 2.75) is 60.0 Å². The lowest BCUT2D eigenvalue weighted by atomic mass is 10.1. The Kier molecular flexibility index (Phi) is 5.53. The smallest absolute Gasteiger partial charge is 0.0669 e. The Hall–Kier alpha value is -0.830. The molecule has 16 heavy (non-hydrogen) atoms. The van der Waals surface area contributed by atoms with Crippen molar-refractivity contribution in [3.05, 3.63) is 17.0 Å². The highest BCUT2D eigenvalue weighted by atomic mass is 15.3. The van der Waals surface area contributed by atoms with Crippen molar-refractivity contribution in [1.82, 2.24) is 15.1 Å². The molecule has 0 spiro atoms. The Labute approximate surface area is 99.2 Å². The Morgan fingerprint density at radius 3 is 2.38 bits per heavy atom. The van der Waals surface area contributed by atoms with E-state index in [9.17, 15) is 0 Å². The van der Waals surface area contributed by atoms with Crippen LogP contribution in [0.4, 0.5) is 0 Å². The number of aryl methyl sites for hydroxylation is 2. The van der Waals surface area contributed by atoms with Crippen LogP contribution in [0.15, 0.2) is 0 Å². The van der Waals surface area contributed by atoms with Gasteiger partial charge in [0.25, 0.3) is 0 Å². The molecule has 1 aromatic heterocycles. The van der Waals surface area contributed by atoms with E-state index in [0.717, 1.165) is 38.9 Å². The van der Waals surface area contributed by atoms with Gasteiger partial charge in [-0.05, 0) is 25.8 Å². The van der Waals surface area contributed by atoms with Gasteiger partial charge in [0, 0.05) is 24.3 Å². The van der Waals surface area contributed by atoms with Crippen molar-refractivity contribution >= 4 is 0 Å². The molecule has 0 unspecified atom stereocenters. The molecule has 1 heterocycles. The summed E-state index contributed by atoms with van der Waals surface area (Å²) in [6, 6.07) is 0. The molecule has 0 aliphatic carbocycles. The van der Waals surface area contributed by atoms with E-state index < -0.39 is 0 Å². The lowest BCUT2D eigenvalue weighted by molar-refractivity contribution is 0.569. The molecule has 1 aromatic rings. The molecule has 0 aliphatic heterocycles. The SMILES string of the molecule is CCCn1nc(CC)c(CNCC)c1CC. The molecule has 3 heteroatoms. The van der Waals surface area contributed by atoms with Gasteiger partial charge in [0.1, 0.15) is 0 Å². The number of nitrogens with one attached hydrogen (secondary N) is 1. The largest absolute Gasteiger partial charge is 0.313 e. The maximum absolute atomic E-state index is 4.72. The van der Waals surface area contributed by atoms with Crippen LogP contribution in [0.1, 0.15) is 51.1 Å². The maximum atomic E-state index is 4.72. The zero-order valence-electron chi connectivity index (χ0n) is 11.1. The Balaban J connectivity index is 2.99. The molecule has 0 saturated heterocycles. The number of rotatable bonds is 7. The van der Waals surface area contributed by atoms with E-state index in [0.29, 0.717) is 0 Å². The highest BCUT2D eigenvalue weighted by Crippen LogP contribution is 2.16. The number of aromatic nitrogens is 2. The standard InChI is InChI=1S/C13H25N3/c1-5-9-16-13(7-3)11(10-14-8-4)12(6-2)15-16/h14H,5-10H2,1-4H3. The fourth-order valence-electron chi connectivity index (χ4n) is 2.12. The van der Waals surface area contributed by atoms with Crippen LogP contribution in [0.5, 0.6) is 0 Å². The van der Waals surface area contributed by atoms with Gasteiger partial charge in [0.05, 0.1) is 5.69 Å². The number of hydrogen-bond acceptors (Lipinski definition) is 2. The first-order valence-electron chi connectivity index (χ1n) is 6.56. The highest BCUT2D eigenvalue weighted by Gasteiger charge is 2.13. The summed E-state index contributed by atoms with van der Waals surface area (Å²) in [6.45, 7) is 11.8. The van der Waals surface area contributed by atoms with Gasteiger partial charge in [-0.3, -0.25) is 4.68 Å². The molecule has 0 amide bonds. The third-order valence-corrected chi connectivity index (χ3v) is 2.91. The monoisotopic (exact) mass is 223 g/mol. The van der Waals surface area contributed by atoms with Gasteiger partial charge in [0.2, 0.25) is 0 Å². The molecule has 3 nitrogen and oxygen atoms in total. The van der Waals surface area contributed by atoms with E-state index in [4.69, 9.17) is 5.10 Å². The summed E-state index contributed by atoms with van der Waals surface area (Å²) in [5, 5.41) is 8.13. The minimum atomic E-state index is 0.965. The lowest BCUT2D eigenvalue weighted by Gasteiger charge is -2.07. The Morgan fingerprint density at radius 1 is 1.12 bits per heavy atom. The highest BCUT2D eigenvalue weighted by molar-refractivity contribution is 5.26. The molecule has 0 atom stereocenters. The van der Waals surface area contributed by atoms with Gasteiger partial charge in [0.15, 0.2) is 0 Å². The first kappa shape index (κ1) is 13.2. The van der Waals surface area contributed by atoms with Gasteiger partial charge < -0.3 is 5.32 Å². The molecule has 1 rings (SSSR count). The van der Waals surface area contributed by atoms with Crippen LogP contribution in [0.3, 0.4) is 0 Å². The fourth-order valence-corrected chi connectivity index (χ4v) is 2.12. The first-order valence-corrected chi connectivity index (χ1v) is 6.56. The lowest BCUT2D eigenvalue weighted by Crippen LogP contribution is -2.14. The summed E-state index contributed by atoms with van der Waals surface area (Å²) in [4.78, 5) is 0. The van der Waals surface area contributed by atoms with Crippen molar-refractivity contribution in [1.29, 1.82) is 0 Å². The van der Waals surface area contributed by atoms with Gasteiger partial charge in [-0.2, -0.15) is 5.10 Å². The molecular formula is C13H25N3. The number of hydrogen-bond donors (Lipinski definition) is 1. The van der Waals surface area contributed by atoms with Crippen LogP contribution in [-0.4, -0.2) is 16.3 Å². The molecule has 0 saturated carbocycles. The summed E-state index contributed by atoms with van der Waals surface area (Å²) in [6.07, 6.45) is 3.26. The fraction of sp³-hybridized carbons (Fsp3) is 0.769. The van der Waals surface area contributed by atoms with E-state index in [1.165, 1.54) is 17.0 Å². The van der Waals surface area contributed by atoms with Crippen LogP contribution >= 0.6 is 0 Å². The van der Waals surface area contributed by atoms with Crippen LogP contribution in [0.25, 0.3) is 0 Å². The van der Waals surface area contributed by atoms with Gasteiger partial charge in [-0.25, -0.2) is 0 Å². The first-order chi connectivity index (χ1) is 7.78. The third-order valence-electron chi connectivity index (χ3n) is 2.91. The predicted molar refractivity (Wildman–Crippen MR) is 68.7 cm³/mol. The molecule has 0 aliphatic rings. The molecule has 0 bridgehead atoms. The summed E-state index contributed by atoms with van der Waals surface area (Å²) in [5.74, 6) is 0. The second-order valence-corrected chi connectivity index (χ2v) is 4.08. The zero-order chi connectivity index (χ0) is 12.0. The summed E-state index contributed by atoms with van der Waals surface area (Å²) < 4.78 is 2.20. The second-order valence-electron chi connectivity index (χ2n) is 4.08. The van der Waals surface area contributed by atoms with E-state index in [1.807, 2.05) is 0 Å². The van der Waals surface area contributed by atoms with Crippen molar-refractivity contribution in [2.24, 2.45) is 0 Å². The average molecular weight is 223 g/mol. The summed E-state index contributed by atoms with van der Waals surface area (Å²) in [5.41, 5.74) is 4.12. The summed E-state index contributed by atoms with van der Waals surface area (Å²) in [7, 11) is 0. The Bertz CT molecular complexity index is 315. The molecule has 0 radical (unpaired) electrons. The quantitative estimate of drug-likeness (QED) is 0.770. The summed E-state index contributed by atoms with van der Waals surface area (Å²) >= 11 is 0. The van der Waals surface area contributed by atoms with Crippen molar-refractivity contribution < 1.29 is 0 Å². The minimum Gasteiger partial charge on any atom is -0.313 e. The average Bonchev–Trinajstić information content (AvgIpc) is 2.64. The molecule has 0 aromatic carbocycles. The topological polar surface area (TPSA) is 29.9 Å². The minimum absolute atomic E-state index is 0.965.